The zero-order chi connectivity index (χ0) is 12.6. The van der Waals surface area contributed by atoms with Crippen LogP contribution < -0.4 is 5.73 Å². The van der Waals surface area contributed by atoms with Gasteiger partial charge in [0.25, 0.3) is 10.0 Å². The van der Waals surface area contributed by atoms with E-state index in [0.717, 1.165) is 23.3 Å². The van der Waals surface area contributed by atoms with Crippen LogP contribution in [0.4, 0.5) is 0 Å². The van der Waals surface area contributed by atoms with Crippen molar-refractivity contribution in [2.75, 3.05) is 13.1 Å². The van der Waals surface area contributed by atoms with Crippen molar-refractivity contribution >= 4 is 21.4 Å². The van der Waals surface area contributed by atoms with Gasteiger partial charge in [-0.05, 0) is 38.3 Å². The van der Waals surface area contributed by atoms with Gasteiger partial charge in [0.15, 0.2) is 0 Å². The van der Waals surface area contributed by atoms with Crippen LogP contribution in [-0.4, -0.2) is 31.9 Å². The van der Waals surface area contributed by atoms with Crippen molar-refractivity contribution < 1.29 is 8.42 Å². The van der Waals surface area contributed by atoms with E-state index in [4.69, 9.17) is 5.73 Å². The van der Waals surface area contributed by atoms with Crippen molar-refractivity contribution in [2.24, 2.45) is 5.73 Å². The Bertz CT molecular complexity index is 488. The minimum absolute atomic E-state index is 0.0253. The van der Waals surface area contributed by atoms with Gasteiger partial charge in [0.05, 0.1) is 0 Å². The van der Waals surface area contributed by atoms with Crippen molar-refractivity contribution in [3.63, 3.8) is 0 Å². The van der Waals surface area contributed by atoms with Crippen LogP contribution in [-0.2, 0) is 10.0 Å². The Balaban J connectivity index is 2.36. The molecule has 1 atom stereocenters. The molecule has 0 radical (unpaired) electrons. The second-order valence-corrected chi connectivity index (χ2v) is 7.83. The number of sulfonamides is 1. The van der Waals surface area contributed by atoms with Crippen LogP contribution in [0.2, 0.25) is 0 Å². The van der Waals surface area contributed by atoms with Crippen molar-refractivity contribution in [1.82, 2.24) is 4.31 Å². The first-order valence-electron chi connectivity index (χ1n) is 5.75. The molecule has 1 aromatic rings. The minimum Gasteiger partial charge on any atom is -0.329 e. The van der Waals surface area contributed by atoms with E-state index in [9.17, 15) is 8.42 Å². The molecule has 1 fully saturated rings. The standard InChI is InChI=1S/C11H18N2O2S2/c1-8-6-11(16-9(8)2)17(14,15)13-5-3-4-10(13)7-12/h6,10H,3-5,7,12H2,1-2H3. The number of hydrogen-bond acceptors (Lipinski definition) is 4. The second kappa shape index (κ2) is 4.68. The summed E-state index contributed by atoms with van der Waals surface area (Å²) in [6, 6.07) is 1.74. The molecule has 1 aliphatic heterocycles. The predicted molar refractivity (Wildman–Crippen MR) is 69.8 cm³/mol. The molecule has 0 saturated carbocycles. The summed E-state index contributed by atoms with van der Waals surface area (Å²) < 4.78 is 26.9. The van der Waals surface area contributed by atoms with Crippen molar-refractivity contribution in [2.45, 2.75) is 36.9 Å². The number of rotatable bonds is 3. The van der Waals surface area contributed by atoms with Crippen LogP contribution in [0.15, 0.2) is 10.3 Å². The Kier molecular flexibility index (Phi) is 3.58. The zero-order valence-electron chi connectivity index (χ0n) is 10.1. The van der Waals surface area contributed by atoms with E-state index in [1.165, 1.54) is 11.3 Å². The quantitative estimate of drug-likeness (QED) is 0.908. The number of thiophene rings is 1. The van der Waals surface area contributed by atoms with Gasteiger partial charge in [-0.25, -0.2) is 8.42 Å². The molecule has 2 rings (SSSR count). The van der Waals surface area contributed by atoms with E-state index < -0.39 is 10.0 Å². The predicted octanol–water partition coefficient (Wildman–Crippen LogP) is 1.48. The van der Waals surface area contributed by atoms with Gasteiger partial charge in [-0.3, -0.25) is 0 Å². The average Bonchev–Trinajstić information content (AvgIpc) is 2.86. The number of hydrogen-bond donors (Lipinski definition) is 1. The molecule has 0 amide bonds. The Morgan fingerprint density at radius 1 is 1.53 bits per heavy atom. The summed E-state index contributed by atoms with van der Waals surface area (Å²) in [7, 11) is -3.33. The van der Waals surface area contributed by atoms with Crippen LogP contribution in [0, 0.1) is 13.8 Å². The summed E-state index contributed by atoms with van der Waals surface area (Å²) in [6.45, 7) is 4.89. The maximum absolute atomic E-state index is 12.5. The average molecular weight is 274 g/mol. The monoisotopic (exact) mass is 274 g/mol. The first kappa shape index (κ1) is 13.0. The third-order valence-electron chi connectivity index (χ3n) is 3.30. The van der Waals surface area contributed by atoms with Crippen LogP contribution in [0.25, 0.3) is 0 Å². The molecule has 96 valence electrons. The molecule has 0 bridgehead atoms. The molecule has 1 aromatic heterocycles. The summed E-state index contributed by atoms with van der Waals surface area (Å²) in [4.78, 5) is 1.06. The summed E-state index contributed by atoms with van der Waals surface area (Å²) in [5, 5.41) is 0. The normalized spacial score (nSPS) is 22.2. The lowest BCUT2D eigenvalue weighted by atomic mass is 10.2. The maximum Gasteiger partial charge on any atom is 0.252 e. The molecule has 0 spiro atoms. The van der Waals surface area contributed by atoms with Gasteiger partial charge in [0.2, 0.25) is 0 Å². The van der Waals surface area contributed by atoms with Crippen molar-refractivity contribution in [1.29, 1.82) is 0 Å². The van der Waals surface area contributed by atoms with Crippen molar-refractivity contribution in [3.05, 3.63) is 16.5 Å². The molecular formula is C11H18N2O2S2. The Labute approximate surface area is 106 Å². The molecule has 0 aliphatic carbocycles. The lowest BCUT2D eigenvalue weighted by Gasteiger charge is -2.21. The SMILES string of the molecule is Cc1cc(S(=O)(=O)N2CCCC2CN)sc1C. The third-order valence-corrected chi connectivity index (χ3v) is 6.86. The fraction of sp³-hybridized carbons (Fsp3) is 0.636. The Hall–Kier alpha value is -0.430. The lowest BCUT2D eigenvalue weighted by molar-refractivity contribution is 0.394. The van der Waals surface area contributed by atoms with Crippen LogP contribution in [0.1, 0.15) is 23.3 Å². The van der Waals surface area contributed by atoms with E-state index in [2.05, 4.69) is 0 Å². The van der Waals surface area contributed by atoms with Gasteiger partial charge in [-0.1, -0.05) is 0 Å². The molecule has 4 nitrogen and oxygen atoms in total. The van der Waals surface area contributed by atoms with Crippen LogP contribution in [0.5, 0.6) is 0 Å². The first-order chi connectivity index (χ1) is 7.96. The van der Waals surface area contributed by atoms with Crippen molar-refractivity contribution in [3.8, 4) is 0 Å². The third kappa shape index (κ3) is 2.27. The molecule has 0 aromatic carbocycles. The fourth-order valence-electron chi connectivity index (χ4n) is 2.14. The summed E-state index contributed by atoms with van der Waals surface area (Å²) in [6.07, 6.45) is 1.78. The van der Waals surface area contributed by atoms with Crippen LogP contribution in [0.3, 0.4) is 0 Å². The number of nitrogens with two attached hydrogens (primary N) is 1. The van der Waals surface area contributed by atoms with Gasteiger partial charge >= 0.3 is 0 Å². The number of nitrogens with zero attached hydrogens (tertiary/aromatic N) is 1. The van der Waals surface area contributed by atoms with E-state index in [0.29, 0.717) is 17.3 Å². The minimum atomic E-state index is -3.33. The van der Waals surface area contributed by atoms with Gasteiger partial charge in [0.1, 0.15) is 4.21 Å². The first-order valence-corrected chi connectivity index (χ1v) is 8.01. The highest BCUT2D eigenvalue weighted by Crippen LogP contribution is 2.31. The van der Waals surface area contributed by atoms with Gasteiger partial charge in [0, 0.05) is 24.0 Å². The largest absolute Gasteiger partial charge is 0.329 e. The van der Waals surface area contributed by atoms with E-state index in [1.54, 1.807) is 10.4 Å². The molecule has 1 aliphatic rings. The van der Waals surface area contributed by atoms with Crippen LogP contribution >= 0.6 is 11.3 Å². The summed E-state index contributed by atoms with van der Waals surface area (Å²) in [5.74, 6) is 0. The number of aryl methyl sites for hydroxylation is 2. The molecule has 1 saturated heterocycles. The summed E-state index contributed by atoms with van der Waals surface area (Å²) >= 11 is 1.35. The molecule has 6 heteroatoms. The smallest absolute Gasteiger partial charge is 0.252 e. The summed E-state index contributed by atoms with van der Waals surface area (Å²) in [5.41, 5.74) is 6.67. The highest BCUT2D eigenvalue weighted by atomic mass is 32.2. The Morgan fingerprint density at radius 2 is 2.24 bits per heavy atom. The Morgan fingerprint density at radius 3 is 2.76 bits per heavy atom. The van der Waals surface area contributed by atoms with E-state index in [-0.39, 0.29) is 6.04 Å². The zero-order valence-corrected chi connectivity index (χ0v) is 11.8. The molecule has 1 unspecified atom stereocenters. The lowest BCUT2D eigenvalue weighted by Crippen LogP contribution is -2.39. The van der Waals surface area contributed by atoms with E-state index in [1.807, 2.05) is 13.8 Å². The highest BCUT2D eigenvalue weighted by Gasteiger charge is 2.35. The molecule has 2 N–H and O–H groups in total. The topological polar surface area (TPSA) is 63.4 Å². The molecule has 17 heavy (non-hydrogen) atoms. The van der Waals surface area contributed by atoms with Gasteiger partial charge in [-0.15, -0.1) is 11.3 Å². The maximum atomic E-state index is 12.5. The molecular weight excluding hydrogens is 256 g/mol. The highest BCUT2D eigenvalue weighted by molar-refractivity contribution is 7.91. The molecule has 2 heterocycles. The van der Waals surface area contributed by atoms with E-state index >= 15 is 0 Å². The second-order valence-electron chi connectivity index (χ2n) is 4.45. The fourth-order valence-corrected chi connectivity index (χ4v) is 5.49. The van der Waals surface area contributed by atoms with Gasteiger partial charge in [-0.2, -0.15) is 4.31 Å². The van der Waals surface area contributed by atoms with Gasteiger partial charge < -0.3 is 5.73 Å².